The van der Waals surface area contributed by atoms with Crippen molar-refractivity contribution in [2.75, 3.05) is 0 Å². The van der Waals surface area contributed by atoms with Crippen LogP contribution in [0.5, 0.6) is 0 Å². The molecule has 0 bridgehead atoms. The molecule has 2 unspecified atom stereocenters. The van der Waals surface area contributed by atoms with Gasteiger partial charge in [-0.1, -0.05) is 216 Å². The van der Waals surface area contributed by atoms with Crippen LogP contribution in [0.15, 0.2) is 206 Å². The van der Waals surface area contributed by atoms with E-state index in [0.717, 1.165) is 32.1 Å². The van der Waals surface area contributed by atoms with E-state index in [2.05, 4.69) is 245 Å². The van der Waals surface area contributed by atoms with E-state index in [9.17, 15) is 0 Å². The summed E-state index contributed by atoms with van der Waals surface area (Å²) in [5.74, 6) is 0. The Balaban J connectivity index is 1.17. The molecule has 64 heavy (non-hydrogen) atoms. The van der Waals surface area contributed by atoms with Gasteiger partial charge in [0.25, 0.3) is 0 Å². The van der Waals surface area contributed by atoms with Crippen LogP contribution in [0.2, 0.25) is 0 Å². The van der Waals surface area contributed by atoms with Gasteiger partial charge in [-0.25, -0.2) is 0 Å². The molecule has 0 radical (unpaired) electrons. The average molecular weight is 828 g/mol. The normalized spacial score (nSPS) is 13.6. The lowest BCUT2D eigenvalue weighted by atomic mass is 9.64. The van der Waals surface area contributed by atoms with Gasteiger partial charge in [-0.05, 0) is 122 Å². The van der Waals surface area contributed by atoms with Gasteiger partial charge in [-0.2, -0.15) is 0 Å². The third kappa shape index (κ3) is 6.95. The van der Waals surface area contributed by atoms with Crippen molar-refractivity contribution in [1.82, 2.24) is 4.57 Å². The topological polar surface area (TPSA) is 4.93 Å². The molecule has 0 aliphatic heterocycles. The highest BCUT2D eigenvalue weighted by molar-refractivity contribution is 6.11. The second-order valence-electron chi connectivity index (χ2n) is 17.9. The Kier molecular flexibility index (Phi) is 11.1. The molecular formula is C63H57N. The van der Waals surface area contributed by atoms with Crippen molar-refractivity contribution in [3.8, 4) is 5.69 Å². The molecule has 314 valence electrons. The van der Waals surface area contributed by atoms with Crippen molar-refractivity contribution >= 4 is 55.0 Å². The first-order chi connectivity index (χ1) is 31.5. The summed E-state index contributed by atoms with van der Waals surface area (Å²) in [6.45, 7) is 9.63. The molecule has 10 rings (SSSR count). The number of hydrogen-bond acceptors (Lipinski definition) is 0. The molecule has 10 aromatic rings. The van der Waals surface area contributed by atoms with Crippen molar-refractivity contribution in [2.24, 2.45) is 0 Å². The fraction of sp³-hybridized carbons (Fsp3) is 0.175. The van der Waals surface area contributed by atoms with Crippen molar-refractivity contribution in [3.05, 3.63) is 245 Å². The van der Waals surface area contributed by atoms with Crippen LogP contribution in [0.25, 0.3) is 60.7 Å². The molecule has 1 heterocycles. The van der Waals surface area contributed by atoms with Crippen LogP contribution in [-0.4, -0.2) is 4.57 Å². The molecule has 0 fully saturated rings. The summed E-state index contributed by atoms with van der Waals surface area (Å²) in [6.07, 6.45) is 7.58. The van der Waals surface area contributed by atoms with Gasteiger partial charge in [0.15, 0.2) is 0 Å². The molecule has 2 atom stereocenters. The number of aromatic nitrogens is 1. The Morgan fingerprint density at radius 3 is 1.45 bits per heavy atom. The molecule has 1 aromatic heterocycles. The van der Waals surface area contributed by atoms with Gasteiger partial charge in [0.05, 0.1) is 11.0 Å². The van der Waals surface area contributed by atoms with E-state index in [4.69, 9.17) is 0 Å². The van der Waals surface area contributed by atoms with Crippen LogP contribution in [0.1, 0.15) is 98.7 Å². The first-order valence-electron chi connectivity index (χ1n) is 23.5. The molecule has 0 aliphatic rings. The van der Waals surface area contributed by atoms with E-state index >= 15 is 0 Å². The molecular weight excluding hydrogens is 771 g/mol. The fourth-order valence-electron chi connectivity index (χ4n) is 11.4. The minimum atomic E-state index is -0.264. The molecule has 1 nitrogen and oxygen atoms in total. The second kappa shape index (κ2) is 17.3. The van der Waals surface area contributed by atoms with Gasteiger partial charge in [-0.15, -0.1) is 0 Å². The SMILES string of the molecule is CCCC(C)(c1ccc2c(c1)c1ccccc1n2-c1ccccc1)c1c2ccccc2c(C(CC)(CCC)c2ccc(C=C(c3ccccc3)c3ccccc3)cc2)c2ccccc12. The highest BCUT2D eigenvalue weighted by Gasteiger charge is 2.39. The summed E-state index contributed by atoms with van der Waals surface area (Å²) in [4.78, 5) is 0. The molecule has 0 amide bonds. The molecule has 9 aromatic carbocycles. The number of rotatable bonds is 13. The van der Waals surface area contributed by atoms with Crippen LogP contribution >= 0.6 is 0 Å². The van der Waals surface area contributed by atoms with Crippen molar-refractivity contribution in [2.45, 2.75) is 70.6 Å². The predicted octanol–water partition coefficient (Wildman–Crippen LogP) is 17.3. The van der Waals surface area contributed by atoms with E-state index < -0.39 is 0 Å². The van der Waals surface area contributed by atoms with E-state index in [0.29, 0.717) is 0 Å². The summed E-state index contributed by atoms with van der Waals surface area (Å²) < 4.78 is 2.43. The predicted molar refractivity (Wildman–Crippen MR) is 276 cm³/mol. The van der Waals surface area contributed by atoms with Crippen LogP contribution in [0.4, 0.5) is 0 Å². The molecule has 0 saturated heterocycles. The third-order valence-corrected chi connectivity index (χ3v) is 14.3. The lowest BCUT2D eigenvalue weighted by Crippen LogP contribution is -2.29. The minimum Gasteiger partial charge on any atom is -0.309 e. The van der Waals surface area contributed by atoms with Gasteiger partial charge in [0.2, 0.25) is 0 Å². The van der Waals surface area contributed by atoms with Crippen LogP contribution in [-0.2, 0) is 10.8 Å². The largest absolute Gasteiger partial charge is 0.309 e. The van der Waals surface area contributed by atoms with Gasteiger partial charge >= 0.3 is 0 Å². The first-order valence-corrected chi connectivity index (χ1v) is 23.5. The molecule has 0 N–H and O–H groups in total. The quantitative estimate of drug-likeness (QED) is 0.0806. The maximum Gasteiger partial charge on any atom is 0.0541 e. The number of nitrogens with zero attached hydrogens (tertiary/aromatic N) is 1. The smallest absolute Gasteiger partial charge is 0.0541 e. The number of hydrogen-bond donors (Lipinski definition) is 0. The van der Waals surface area contributed by atoms with Crippen molar-refractivity contribution < 1.29 is 0 Å². The molecule has 1 heteroatoms. The van der Waals surface area contributed by atoms with Crippen molar-refractivity contribution in [3.63, 3.8) is 0 Å². The maximum absolute atomic E-state index is 2.52. The van der Waals surface area contributed by atoms with Crippen LogP contribution < -0.4 is 0 Å². The third-order valence-electron chi connectivity index (χ3n) is 14.3. The maximum atomic E-state index is 2.52. The Labute approximate surface area is 379 Å². The fourth-order valence-corrected chi connectivity index (χ4v) is 11.4. The summed E-state index contributed by atoms with van der Waals surface area (Å²) in [5.41, 5.74) is 13.7. The molecule has 0 saturated carbocycles. The number of para-hydroxylation sites is 2. The van der Waals surface area contributed by atoms with E-state index in [1.165, 1.54) is 93.6 Å². The van der Waals surface area contributed by atoms with E-state index in [-0.39, 0.29) is 10.8 Å². The summed E-state index contributed by atoms with van der Waals surface area (Å²) >= 11 is 0. The monoisotopic (exact) mass is 827 g/mol. The zero-order valence-corrected chi connectivity index (χ0v) is 37.7. The second-order valence-corrected chi connectivity index (χ2v) is 17.9. The Morgan fingerprint density at radius 1 is 0.438 bits per heavy atom. The first kappa shape index (κ1) is 41.1. The highest BCUT2D eigenvalue weighted by atomic mass is 15.0. The minimum absolute atomic E-state index is 0.199. The lowest BCUT2D eigenvalue weighted by Gasteiger charge is -2.39. The Morgan fingerprint density at radius 2 is 0.906 bits per heavy atom. The zero-order chi connectivity index (χ0) is 43.7. The van der Waals surface area contributed by atoms with Crippen molar-refractivity contribution in [1.29, 1.82) is 0 Å². The van der Waals surface area contributed by atoms with Gasteiger partial charge in [0.1, 0.15) is 0 Å². The van der Waals surface area contributed by atoms with Crippen LogP contribution in [0, 0.1) is 0 Å². The summed E-state index contributed by atoms with van der Waals surface area (Å²) in [6, 6.07) is 76.9. The summed E-state index contributed by atoms with van der Waals surface area (Å²) in [5, 5.41) is 8.06. The van der Waals surface area contributed by atoms with E-state index in [1.54, 1.807) is 0 Å². The Bertz CT molecular complexity index is 3170. The zero-order valence-electron chi connectivity index (χ0n) is 37.7. The highest BCUT2D eigenvalue weighted by Crippen LogP contribution is 2.52. The van der Waals surface area contributed by atoms with Gasteiger partial charge < -0.3 is 4.57 Å². The molecule has 0 spiro atoms. The standard InChI is InChI=1S/C63H57N/c1-5-41-62(4,49-39-40-59-57(44-49)51-29-21-22-34-58(51)64(59)50-27-15-10-16-28-50)60-52-30-17-19-32-54(52)61(55-33-20-18-31-53(55)60)63(7-3,42-6-2)48-37-35-45(36-38-48)43-56(46-23-11-8-12-24-46)47-25-13-9-14-26-47/h8-40,43-44H,5-7,41-42H2,1-4H3. The molecule has 0 aliphatic carbocycles. The Hall–Kier alpha value is -6.96. The number of benzene rings is 9. The van der Waals surface area contributed by atoms with Gasteiger partial charge in [-0.3, -0.25) is 0 Å². The lowest BCUT2D eigenvalue weighted by molar-refractivity contribution is 0.456. The number of fused-ring (bicyclic) bond motifs is 5. The van der Waals surface area contributed by atoms with Crippen LogP contribution in [0.3, 0.4) is 0 Å². The van der Waals surface area contributed by atoms with E-state index in [1.807, 2.05) is 0 Å². The van der Waals surface area contributed by atoms with Gasteiger partial charge in [0, 0.05) is 27.3 Å². The summed E-state index contributed by atoms with van der Waals surface area (Å²) in [7, 11) is 0. The average Bonchev–Trinajstić information content (AvgIpc) is 3.69.